The summed E-state index contributed by atoms with van der Waals surface area (Å²) in [7, 11) is 0. The number of benzene rings is 2. The largest absolute Gasteiger partial charge is 0.480 e. The zero-order valence-electron chi connectivity index (χ0n) is 18.1. The SMILES string of the molecule is CC(C)(CNC(=O)OCC1c2ccccc2-c2ccccc21)CC(=O)N[C@H](CO)C(=O)O. The van der Waals surface area contributed by atoms with E-state index in [2.05, 4.69) is 22.8 Å². The number of carboxylic acid groups (broad SMARTS) is 1. The van der Waals surface area contributed by atoms with E-state index in [9.17, 15) is 14.4 Å². The van der Waals surface area contributed by atoms with Gasteiger partial charge in [-0.1, -0.05) is 62.4 Å². The van der Waals surface area contributed by atoms with Gasteiger partial charge in [0.15, 0.2) is 0 Å². The molecule has 1 atom stereocenters. The van der Waals surface area contributed by atoms with Crippen LogP contribution in [0, 0.1) is 5.41 Å². The average molecular weight is 440 g/mol. The fourth-order valence-electron chi connectivity index (χ4n) is 3.89. The van der Waals surface area contributed by atoms with E-state index in [-0.39, 0.29) is 25.5 Å². The molecule has 0 aliphatic heterocycles. The number of carbonyl (C=O) groups is 3. The Morgan fingerprint density at radius 2 is 1.59 bits per heavy atom. The predicted molar refractivity (Wildman–Crippen MR) is 118 cm³/mol. The van der Waals surface area contributed by atoms with Crippen LogP contribution >= 0.6 is 0 Å². The van der Waals surface area contributed by atoms with Crippen molar-refractivity contribution >= 4 is 18.0 Å². The summed E-state index contributed by atoms with van der Waals surface area (Å²) in [4.78, 5) is 35.3. The van der Waals surface area contributed by atoms with Gasteiger partial charge < -0.3 is 25.6 Å². The minimum atomic E-state index is -1.35. The molecule has 0 bridgehead atoms. The maximum absolute atomic E-state index is 12.3. The highest BCUT2D eigenvalue weighted by atomic mass is 16.5. The summed E-state index contributed by atoms with van der Waals surface area (Å²) in [6.07, 6.45) is -0.611. The second-order valence-electron chi connectivity index (χ2n) is 8.66. The monoisotopic (exact) mass is 440 g/mol. The van der Waals surface area contributed by atoms with E-state index in [1.54, 1.807) is 13.8 Å². The van der Waals surface area contributed by atoms with Crippen LogP contribution in [0.1, 0.15) is 37.3 Å². The number of rotatable bonds is 9. The molecule has 0 spiro atoms. The zero-order valence-corrected chi connectivity index (χ0v) is 18.1. The standard InChI is InChI=1S/C24H28N2O6/c1-24(2,11-21(28)26-20(12-27)22(29)30)14-25-23(31)32-13-19-17-9-5-3-7-15(17)16-8-4-6-10-18(16)19/h3-10,19-20,27H,11-14H2,1-2H3,(H,25,31)(H,26,28)(H,29,30)/t20-/m1/s1. The number of amides is 2. The number of aliphatic hydroxyl groups excluding tert-OH is 1. The van der Waals surface area contributed by atoms with Gasteiger partial charge in [0.25, 0.3) is 0 Å². The number of fused-ring (bicyclic) bond motifs is 3. The van der Waals surface area contributed by atoms with E-state index in [1.165, 1.54) is 0 Å². The molecule has 4 N–H and O–H groups in total. The van der Waals surface area contributed by atoms with Gasteiger partial charge in [-0.15, -0.1) is 0 Å². The van der Waals surface area contributed by atoms with Gasteiger partial charge in [0.1, 0.15) is 12.6 Å². The summed E-state index contributed by atoms with van der Waals surface area (Å²) >= 11 is 0. The molecule has 170 valence electrons. The van der Waals surface area contributed by atoms with Gasteiger partial charge >= 0.3 is 12.1 Å². The maximum Gasteiger partial charge on any atom is 0.407 e. The first-order chi connectivity index (χ1) is 15.2. The van der Waals surface area contributed by atoms with Gasteiger partial charge in [0.05, 0.1) is 6.61 Å². The Hall–Kier alpha value is -3.39. The molecule has 1 aliphatic rings. The van der Waals surface area contributed by atoms with E-state index in [4.69, 9.17) is 14.9 Å². The van der Waals surface area contributed by atoms with Crippen LogP contribution < -0.4 is 10.6 Å². The fourth-order valence-corrected chi connectivity index (χ4v) is 3.89. The number of aliphatic hydroxyl groups is 1. The highest BCUT2D eigenvalue weighted by Crippen LogP contribution is 2.44. The number of hydrogen-bond acceptors (Lipinski definition) is 5. The van der Waals surface area contributed by atoms with Crippen LogP contribution in [-0.4, -0.2) is 54.0 Å². The van der Waals surface area contributed by atoms with Crippen LogP contribution in [-0.2, 0) is 14.3 Å². The summed E-state index contributed by atoms with van der Waals surface area (Å²) in [5, 5.41) is 22.9. The van der Waals surface area contributed by atoms with E-state index >= 15 is 0 Å². The van der Waals surface area contributed by atoms with Gasteiger partial charge in [-0.05, 0) is 27.7 Å². The molecular formula is C24H28N2O6. The lowest BCUT2D eigenvalue weighted by Crippen LogP contribution is -2.45. The predicted octanol–water partition coefficient (Wildman–Crippen LogP) is 2.50. The summed E-state index contributed by atoms with van der Waals surface area (Å²) in [5.41, 5.74) is 3.89. The van der Waals surface area contributed by atoms with Crippen molar-refractivity contribution in [3.63, 3.8) is 0 Å². The van der Waals surface area contributed by atoms with Crippen molar-refractivity contribution in [3.05, 3.63) is 59.7 Å². The highest BCUT2D eigenvalue weighted by Gasteiger charge is 2.30. The van der Waals surface area contributed by atoms with Crippen molar-refractivity contribution in [1.29, 1.82) is 0 Å². The molecule has 2 amide bonds. The molecular weight excluding hydrogens is 412 g/mol. The van der Waals surface area contributed by atoms with Gasteiger partial charge in [-0.3, -0.25) is 4.79 Å². The molecule has 2 aromatic carbocycles. The minimum Gasteiger partial charge on any atom is -0.480 e. The summed E-state index contributed by atoms with van der Waals surface area (Å²) < 4.78 is 5.49. The van der Waals surface area contributed by atoms with E-state index in [0.29, 0.717) is 0 Å². The lowest BCUT2D eigenvalue weighted by molar-refractivity contribution is -0.143. The first-order valence-electron chi connectivity index (χ1n) is 10.4. The summed E-state index contributed by atoms with van der Waals surface area (Å²) in [5.74, 6) is -1.88. The minimum absolute atomic E-state index is 0.0273. The Kier molecular flexibility index (Phi) is 7.15. The van der Waals surface area contributed by atoms with Crippen molar-refractivity contribution in [1.82, 2.24) is 10.6 Å². The highest BCUT2D eigenvalue weighted by molar-refractivity contribution is 5.84. The quantitative estimate of drug-likeness (QED) is 0.475. The Morgan fingerprint density at radius 3 is 2.12 bits per heavy atom. The fraction of sp³-hybridized carbons (Fsp3) is 0.375. The molecule has 0 fully saturated rings. The number of carbonyl (C=O) groups excluding carboxylic acids is 2. The maximum atomic E-state index is 12.3. The summed E-state index contributed by atoms with van der Waals surface area (Å²) in [6.45, 7) is 3.20. The van der Waals surface area contributed by atoms with Gasteiger partial charge in [-0.25, -0.2) is 9.59 Å². The lowest BCUT2D eigenvalue weighted by atomic mass is 9.89. The van der Waals surface area contributed by atoms with Gasteiger partial charge in [0.2, 0.25) is 5.91 Å². The summed E-state index contributed by atoms with van der Waals surface area (Å²) in [6, 6.07) is 14.8. The first kappa shape index (κ1) is 23.3. The van der Waals surface area contributed by atoms with Crippen LogP contribution in [0.3, 0.4) is 0 Å². The van der Waals surface area contributed by atoms with Crippen molar-refractivity contribution < 1.29 is 29.3 Å². The molecule has 0 saturated heterocycles. The molecule has 32 heavy (non-hydrogen) atoms. The molecule has 8 heteroatoms. The molecule has 1 aliphatic carbocycles. The Balaban J connectivity index is 1.52. The zero-order chi connectivity index (χ0) is 23.3. The molecule has 0 heterocycles. The molecule has 0 unspecified atom stereocenters. The Bertz CT molecular complexity index is 958. The number of hydrogen-bond donors (Lipinski definition) is 4. The average Bonchev–Trinajstić information content (AvgIpc) is 3.08. The number of aliphatic carboxylic acids is 1. The lowest BCUT2D eigenvalue weighted by Gasteiger charge is -2.25. The third-order valence-corrected chi connectivity index (χ3v) is 5.51. The molecule has 0 aromatic heterocycles. The topological polar surface area (TPSA) is 125 Å². The van der Waals surface area contributed by atoms with Gasteiger partial charge in [-0.2, -0.15) is 0 Å². The number of alkyl carbamates (subject to hydrolysis) is 1. The Labute approximate surface area is 186 Å². The third-order valence-electron chi connectivity index (χ3n) is 5.51. The van der Waals surface area contributed by atoms with E-state index in [0.717, 1.165) is 22.3 Å². The van der Waals surface area contributed by atoms with Crippen LogP contribution in [0.5, 0.6) is 0 Å². The second kappa shape index (κ2) is 9.82. The van der Waals surface area contributed by atoms with Crippen molar-refractivity contribution in [3.8, 4) is 11.1 Å². The van der Waals surface area contributed by atoms with Crippen LogP contribution in [0.25, 0.3) is 11.1 Å². The Morgan fingerprint density at radius 1 is 1.03 bits per heavy atom. The molecule has 0 radical (unpaired) electrons. The molecule has 2 aromatic rings. The second-order valence-corrected chi connectivity index (χ2v) is 8.66. The van der Waals surface area contributed by atoms with E-state index < -0.39 is 36.0 Å². The van der Waals surface area contributed by atoms with Gasteiger partial charge in [0, 0.05) is 18.9 Å². The third kappa shape index (κ3) is 5.45. The first-order valence-corrected chi connectivity index (χ1v) is 10.4. The van der Waals surface area contributed by atoms with Crippen molar-refractivity contribution in [2.75, 3.05) is 19.8 Å². The molecule has 0 saturated carbocycles. The van der Waals surface area contributed by atoms with Crippen molar-refractivity contribution in [2.24, 2.45) is 5.41 Å². The number of ether oxygens (including phenoxy) is 1. The molecule has 8 nitrogen and oxygen atoms in total. The van der Waals surface area contributed by atoms with Crippen molar-refractivity contribution in [2.45, 2.75) is 32.2 Å². The van der Waals surface area contributed by atoms with Crippen LogP contribution in [0.2, 0.25) is 0 Å². The van der Waals surface area contributed by atoms with Crippen LogP contribution in [0.15, 0.2) is 48.5 Å². The van der Waals surface area contributed by atoms with Crippen LogP contribution in [0.4, 0.5) is 4.79 Å². The normalized spacial score (nSPS) is 13.6. The number of nitrogens with one attached hydrogen (secondary N) is 2. The molecule has 3 rings (SSSR count). The smallest absolute Gasteiger partial charge is 0.407 e. The number of carboxylic acids is 1. The van der Waals surface area contributed by atoms with E-state index in [1.807, 2.05) is 36.4 Å².